The molecule has 3 aliphatic rings. The molecule has 0 saturated carbocycles. The number of fused-ring (bicyclic) bond motifs is 12. The van der Waals surface area contributed by atoms with E-state index in [9.17, 15) is 0 Å². The molecule has 13 rings (SSSR count). The third kappa shape index (κ3) is 4.87. The van der Waals surface area contributed by atoms with Gasteiger partial charge in [0.05, 0.1) is 0 Å². The van der Waals surface area contributed by atoms with Crippen molar-refractivity contribution in [1.29, 1.82) is 0 Å². The highest BCUT2D eigenvalue weighted by Gasteiger charge is 2.42. The largest absolute Gasteiger partial charge is 0.0619 e. The van der Waals surface area contributed by atoms with E-state index in [1.807, 2.05) is 0 Å². The summed E-state index contributed by atoms with van der Waals surface area (Å²) in [6.07, 6.45) is 0. The van der Waals surface area contributed by atoms with Gasteiger partial charge in [0.25, 0.3) is 0 Å². The van der Waals surface area contributed by atoms with Gasteiger partial charge in [0.1, 0.15) is 0 Å². The highest BCUT2D eigenvalue weighted by Crippen LogP contribution is 2.57. The lowest BCUT2D eigenvalue weighted by molar-refractivity contribution is 0.652. The van der Waals surface area contributed by atoms with Gasteiger partial charge in [-0.25, -0.2) is 0 Å². The lowest BCUT2D eigenvalue weighted by atomic mass is 9.79. The average Bonchev–Trinajstić information content (AvgIpc) is 3.78. The minimum absolute atomic E-state index is 0.0205. The van der Waals surface area contributed by atoms with Crippen molar-refractivity contribution in [1.82, 2.24) is 0 Å². The van der Waals surface area contributed by atoms with Crippen LogP contribution in [-0.4, -0.2) is 0 Å². The lowest BCUT2D eigenvalue weighted by Gasteiger charge is -2.24. The SMILES string of the molecule is CC1(C)c2ccc(-c3ccc4c(c3)C(C)(C)c3cc5c(cc3-4)C(C)(C)c3ccccc3-5)cc2-c2ccc(-c3c4ccccc4c(-c4cccc5ccccc45)c4ccccc34)cc21. The zero-order chi connectivity index (χ0) is 42.6. The van der Waals surface area contributed by atoms with E-state index in [-0.39, 0.29) is 16.2 Å². The topological polar surface area (TPSA) is 0 Å². The third-order valence-corrected chi connectivity index (χ3v) is 15.7. The van der Waals surface area contributed by atoms with Crippen LogP contribution in [0.5, 0.6) is 0 Å². The fourth-order valence-corrected chi connectivity index (χ4v) is 12.4. The second kappa shape index (κ2) is 12.6. The maximum absolute atomic E-state index is 2.52. The van der Waals surface area contributed by atoms with E-state index in [0.29, 0.717) is 0 Å². The van der Waals surface area contributed by atoms with Gasteiger partial charge in [-0.05, 0) is 163 Å². The highest BCUT2D eigenvalue weighted by molar-refractivity contribution is 6.23. The van der Waals surface area contributed by atoms with Crippen LogP contribution in [-0.2, 0) is 16.2 Å². The van der Waals surface area contributed by atoms with Gasteiger partial charge in [0, 0.05) is 16.2 Å². The van der Waals surface area contributed by atoms with Gasteiger partial charge < -0.3 is 0 Å². The van der Waals surface area contributed by atoms with Gasteiger partial charge in [-0.1, -0.05) is 193 Å². The van der Waals surface area contributed by atoms with Crippen LogP contribution in [0.15, 0.2) is 182 Å². The van der Waals surface area contributed by atoms with Gasteiger partial charge in [-0.3, -0.25) is 0 Å². The smallest absolute Gasteiger partial charge is 0.0159 e. The standard InChI is InChI=1S/C63H48/c1-61(2)53-25-14-13-19-42(53)51-35-58-52(36-57(51)61)44-29-26-39(33-55(44)63(58,5)6)38-28-31-54-50(32-38)43-30-27-40(34-56(43)62(54,3)4)59-46-20-9-11-22-48(46)60(49-23-12-10-21-47(49)59)45-24-15-17-37-16-7-8-18-41(37)45/h7-36H,1-6H3. The van der Waals surface area contributed by atoms with Crippen molar-refractivity contribution in [3.63, 3.8) is 0 Å². The fraction of sp³-hybridized carbons (Fsp3) is 0.143. The predicted molar refractivity (Wildman–Crippen MR) is 268 cm³/mol. The minimum atomic E-state index is -0.151. The Hall–Kier alpha value is -7.02. The molecule has 0 fully saturated rings. The minimum Gasteiger partial charge on any atom is -0.0619 e. The second-order valence-corrected chi connectivity index (χ2v) is 20.0. The first-order chi connectivity index (χ1) is 30.5. The number of benzene rings is 10. The van der Waals surface area contributed by atoms with Crippen molar-refractivity contribution < 1.29 is 0 Å². The van der Waals surface area contributed by atoms with Gasteiger partial charge in [0.15, 0.2) is 0 Å². The van der Waals surface area contributed by atoms with Crippen molar-refractivity contribution in [2.24, 2.45) is 0 Å². The number of rotatable bonds is 3. The quantitative estimate of drug-likeness (QED) is 0.156. The molecule has 0 spiro atoms. The first kappa shape index (κ1) is 36.6. The summed E-state index contributed by atoms with van der Waals surface area (Å²) in [6, 6.07) is 69.4. The lowest BCUT2D eigenvalue weighted by Crippen LogP contribution is -2.17. The Balaban J connectivity index is 0.923. The molecule has 0 bridgehead atoms. The molecule has 0 aromatic heterocycles. The molecule has 0 nitrogen and oxygen atoms in total. The van der Waals surface area contributed by atoms with Crippen molar-refractivity contribution in [3.05, 3.63) is 215 Å². The van der Waals surface area contributed by atoms with E-state index in [1.54, 1.807) is 0 Å². The van der Waals surface area contributed by atoms with Gasteiger partial charge in [-0.2, -0.15) is 0 Å². The van der Waals surface area contributed by atoms with Crippen LogP contribution >= 0.6 is 0 Å². The van der Waals surface area contributed by atoms with Gasteiger partial charge in [0.2, 0.25) is 0 Å². The predicted octanol–water partition coefficient (Wildman–Crippen LogP) is 17.1. The summed E-state index contributed by atoms with van der Waals surface area (Å²) in [5.41, 5.74) is 24.2. The monoisotopic (exact) mass is 804 g/mol. The van der Waals surface area contributed by atoms with Crippen LogP contribution in [0.25, 0.3) is 99.1 Å². The zero-order valence-corrected chi connectivity index (χ0v) is 36.8. The summed E-state index contributed by atoms with van der Waals surface area (Å²) < 4.78 is 0. The summed E-state index contributed by atoms with van der Waals surface area (Å²) in [7, 11) is 0. The fourth-order valence-electron chi connectivity index (χ4n) is 12.4. The average molecular weight is 805 g/mol. The van der Waals surface area contributed by atoms with E-state index in [2.05, 4.69) is 224 Å². The molecule has 3 aliphatic carbocycles. The summed E-state index contributed by atoms with van der Waals surface area (Å²) in [4.78, 5) is 0. The molecule has 0 saturated heterocycles. The number of hydrogen-bond donors (Lipinski definition) is 0. The van der Waals surface area contributed by atoms with Crippen molar-refractivity contribution in [3.8, 4) is 66.8 Å². The molecule has 0 amide bonds. The Morgan fingerprint density at radius 2 is 0.635 bits per heavy atom. The summed E-state index contributed by atoms with van der Waals surface area (Å²) >= 11 is 0. The Morgan fingerprint density at radius 1 is 0.238 bits per heavy atom. The Bertz CT molecular complexity index is 3580. The van der Waals surface area contributed by atoms with Crippen molar-refractivity contribution in [2.45, 2.75) is 57.8 Å². The third-order valence-electron chi connectivity index (χ3n) is 15.7. The molecule has 63 heavy (non-hydrogen) atoms. The molecule has 10 aromatic carbocycles. The Labute approximate surface area is 370 Å². The van der Waals surface area contributed by atoms with Crippen LogP contribution < -0.4 is 0 Å². The summed E-state index contributed by atoms with van der Waals surface area (Å²) in [5, 5.41) is 7.69. The number of hydrogen-bond acceptors (Lipinski definition) is 0. The van der Waals surface area contributed by atoms with Crippen LogP contribution in [0.1, 0.15) is 74.9 Å². The maximum atomic E-state index is 2.52. The first-order valence-corrected chi connectivity index (χ1v) is 22.7. The molecule has 0 heteroatoms. The zero-order valence-electron chi connectivity index (χ0n) is 36.8. The molecular weight excluding hydrogens is 757 g/mol. The van der Waals surface area contributed by atoms with E-state index in [0.717, 1.165) is 0 Å². The molecule has 0 unspecified atom stereocenters. The summed E-state index contributed by atoms with van der Waals surface area (Å²) in [6.45, 7) is 14.4. The molecule has 0 heterocycles. The second-order valence-electron chi connectivity index (χ2n) is 20.0. The van der Waals surface area contributed by atoms with Gasteiger partial charge >= 0.3 is 0 Å². The Morgan fingerprint density at radius 3 is 1.29 bits per heavy atom. The molecule has 0 N–H and O–H groups in total. The van der Waals surface area contributed by atoms with Crippen LogP contribution in [0.4, 0.5) is 0 Å². The van der Waals surface area contributed by atoms with Gasteiger partial charge in [-0.15, -0.1) is 0 Å². The van der Waals surface area contributed by atoms with E-state index in [1.165, 1.54) is 132 Å². The van der Waals surface area contributed by atoms with Crippen molar-refractivity contribution in [2.75, 3.05) is 0 Å². The molecule has 300 valence electrons. The molecule has 0 atom stereocenters. The molecule has 0 radical (unpaired) electrons. The molecular formula is C63H48. The maximum Gasteiger partial charge on any atom is 0.0159 e. The normalized spacial score (nSPS) is 15.5. The molecule has 10 aromatic rings. The van der Waals surface area contributed by atoms with Crippen LogP contribution in [0, 0.1) is 0 Å². The molecule has 0 aliphatic heterocycles. The van der Waals surface area contributed by atoms with E-state index < -0.39 is 0 Å². The van der Waals surface area contributed by atoms with E-state index >= 15 is 0 Å². The first-order valence-electron chi connectivity index (χ1n) is 22.7. The Kier molecular flexibility index (Phi) is 7.29. The highest BCUT2D eigenvalue weighted by atomic mass is 14.4. The van der Waals surface area contributed by atoms with E-state index in [4.69, 9.17) is 0 Å². The van der Waals surface area contributed by atoms with Crippen LogP contribution in [0.3, 0.4) is 0 Å². The van der Waals surface area contributed by atoms with Crippen LogP contribution in [0.2, 0.25) is 0 Å². The summed E-state index contributed by atoms with van der Waals surface area (Å²) in [5.74, 6) is 0. The van der Waals surface area contributed by atoms with Crippen molar-refractivity contribution >= 4 is 32.3 Å².